The summed E-state index contributed by atoms with van der Waals surface area (Å²) in [5.74, 6) is 0. The Hall–Kier alpha value is -2.13. The van der Waals surface area contributed by atoms with Crippen LogP contribution in [0.5, 0.6) is 0 Å². The van der Waals surface area contributed by atoms with Crippen molar-refractivity contribution in [1.82, 2.24) is 0 Å². The van der Waals surface area contributed by atoms with Gasteiger partial charge in [-0.2, -0.15) is 0 Å². The molecule has 3 nitrogen and oxygen atoms in total. The Labute approximate surface area is 145 Å². The molecule has 0 saturated carbocycles. The molecule has 0 bridgehead atoms. The van der Waals surface area contributed by atoms with E-state index in [0.717, 1.165) is 37.6 Å². The van der Waals surface area contributed by atoms with Crippen LogP contribution in [-0.4, -0.2) is 32.5 Å². The van der Waals surface area contributed by atoms with Crippen molar-refractivity contribution in [1.29, 1.82) is 0 Å². The number of aliphatic imine (C=N–C) groups is 1. The van der Waals surface area contributed by atoms with E-state index in [0.29, 0.717) is 0 Å². The summed E-state index contributed by atoms with van der Waals surface area (Å²) in [5.41, 5.74) is 4.87. The summed E-state index contributed by atoms with van der Waals surface area (Å²) in [6.07, 6.45) is 1.93. The molecule has 0 aliphatic carbocycles. The lowest BCUT2D eigenvalue weighted by atomic mass is 9.87. The molecule has 0 unspecified atom stereocenters. The third-order valence-electron chi connectivity index (χ3n) is 4.37. The Bertz CT molecular complexity index is 675. The highest BCUT2D eigenvalue weighted by atomic mass is 16.5. The van der Waals surface area contributed by atoms with Gasteiger partial charge in [-0.25, -0.2) is 0 Å². The van der Waals surface area contributed by atoms with Gasteiger partial charge in [0.1, 0.15) is 0 Å². The van der Waals surface area contributed by atoms with Crippen molar-refractivity contribution in [3.05, 3.63) is 59.7 Å². The minimum absolute atomic E-state index is 0.186. The Balaban J connectivity index is 1.66. The third-order valence-corrected chi connectivity index (χ3v) is 4.37. The maximum Gasteiger partial charge on any atom is 0.0642 e. The largest absolute Gasteiger partial charge is 0.378 e. The molecule has 0 radical (unpaired) electrons. The van der Waals surface area contributed by atoms with Gasteiger partial charge in [0.05, 0.1) is 18.9 Å². The molecule has 2 aromatic rings. The van der Waals surface area contributed by atoms with E-state index in [9.17, 15) is 0 Å². The fourth-order valence-electron chi connectivity index (χ4n) is 2.79. The quantitative estimate of drug-likeness (QED) is 0.773. The van der Waals surface area contributed by atoms with Crippen LogP contribution in [0.4, 0.5) is 11.4 Å². The van der Waals surface area contributed by atoms with E-state index >= 15 is 0 Å². The van der Waals surface area contributed by atoms with Gasteiger partial charge >= 0.3 is 0 Å². The first-order chi connectivity index (χ1) is 11.5. The normalized spacial score (nSPS) is 15.9. The highest BCUT2D eigenvalue weighted by Crippen LogP contribution is 2.23. The van der Waals surface area contributed by atoms with Crippen molar-refractivity contribution >= 4 is 17.6 Å². The number of rotatable bonds is 3. The first-order valence-corrected chi connectivity index (χ1v) is 8.60. The van der Waals surface area contributed by atoms with Crippen LogP contribution in [0.3, 0.4) is 0 Å². The predicted molar refractivity (Wildman–Crippen MR) is 102 cm³/mol. The lowest BCUT2D eigenvalue weighted by molar-refractivity contribution is 0.122. The molecule has 0 amide bonds. The van der Waals surface area contributed by atoms with Gasteiger partial charge < -0.3 is 9.64 Å². The molecule has 3 rings (SSSR count). The van der Waals surface area contributed by atoms with Gasteiger partial charge in [0.15, 0.2) is 0 Å². The molecule has 1 aliphatic heterocycles. The third kappa shape index (κ3) is 4.24. The number of hydrogen-bond donors (Lipinski definition) is 0. The number of ether oxygens (including phenoxy) is 1. The summed E-state index contributed by atoms with van der Waals surface area (Å²) >= 11 is 0. The first-order valence-electron chi connectivity index (χ1n) is 8.60. The van der Waals surface area contributed by atoms with Gasteiger partial charge in [0, 0.05) is 25.0 Å². The highest BCUT2D eigenvalue weighted by Gasteiger charge is 2.12. The van der Waals surface area contributed by atoms with Crippen LogP contribution >= 0.6 is 0 Å². The molecule has 24 heavy (non-hydrogen) atoms. The molecular weight excluding hydrogens is 296 g/mol. The molecule has 1 fully saturated rings. The molecule has 2 aromatic carbocycles. The van der Waals surface area contributed by atoms with Gasteiger partial charge in [0.25, 0.3) is 0 Å². The molecule has 1 aliphatic rings. The molecule has 0 N–H and O–H groups in total. The zero-order chi connectivity index (χ0) is 17.0. The Morgan fingerprint density at radius 3 is 2.12 bits per heavy atom. The van der Waals surface area contributed by atoms with Gasteiger partial charge in [-0.05, 0) is 40.8 Å². The van der Waals surface area contributed by atoms with Crippen LogP contribution in [0.15, 0.2) is 53.5 Å². The average Bonchev–Trinajstić information content (AvgIpc) is 2.61. The first kappa shape index (κ1) is 16.7. The molecule has 3 heteroatoms. The standard InChI is InChI=1S/C21H26N2O/c1-21(2,3)18-6-4-17(5-7-18)16-22-19-8-10-20(11-9-19)23-12-14-24-15-13-23/h4-11,16H,12-15H2,1-3H3. The number of benzene rings is 2. The van der Waals surface area contributed by atoms with Crippen molar-refractivity contribution in [2.24, 2.45) is 4.99 Å². The minimum atomic E-state index is 0.186. The van der Waals surface area contributed by atoms with Crippen molar-refractivity contribution in [2.75, 3.05) is 31.2 Å². The van der Waals surface area contributed by atoms with E-state index in [-0.39, 0.29) is 5.41 Å². The SMILES string of the molecule is CC(C)(C)c1ccc(C=Nc2ccc(N3CCOCC3)cc2)cc1. The summed E-state index contributed by atoms with van der Waals surface area (Å²) in [4.78, 5) is 6.94. The topological polar surface area (TPSA) is 24.8 Å². The Morgan fingerprint density at radius 1 is 0.917 bits per heavy atom. The summed E-state index contributed by atoms with van der Waals surface area (Å²) in [7, 11) is 0. The second-order valence-electron chi connectivity index (χ2n) is 7.25. The number of anilines is 1. The molecule has 0 atom stereocenters. The summed E-state index contributed by atoms with van der Waals surface area (Å²) in [6, 6.07) is 17.1. The minimum Gasteiger partial charge on any atom is -0.378 e. The van der Waals surface area contributed by atoms with Crippen molar-refractivity contribution in [3.63, 3.8) is 0 Å². The Kier molecular flexibility index (Phi) is 5.00. The average molecular weight is 322 g/mol. The second-order valence-corrected chi connectivity index (χ2v) is 7.25. The maximum atomic E-state index is 5.40. The van der Waals surface area contributed by atoms with Gasteiger partial charge in [-0.3, -0.25) is 4.99 Å². The van der Waals surface area contributed by atoms with Crippen molar-refractivity contribution in [3.8, 4) is 0 Å². The number of hydrogen-bond acceptors (Lipinski definition) is 3. The smallest absolute Gasteiger partial charge is 0.0642 e. The lowest BCUT2D eigenvalue weighted by Crippen LogP contribution is -2.36. The van der Waals surface area contributed by atoms with Crippen LogP contribution in [-0.2, 0) is 10.2 Å². The van der Waals surface area contributed by atoms with Gasteiger partial charge in [0.2, 0.25) is 0 Å². The van der Waals surface area contributed by atoms with Crippen molar-refractivity contribution < 1.29 is 4.74 Å². The summed E-state index contributed by atoms with van der Waals surface area (Å²) in [6.45, 7) is 10.2. The van der Waals surface area contributed by atoms with E-state index in [1.54, 1.807) is 0 Å². The van der Waals surface area contributed by atoms with E-state index in [4.69, 9.17) is 4.74 Å². The summed E-state index contributed by atoms with van der Waals surface area (Å²) in [5, 5.41) is 0. The van der Waals surface area contributed by atoms with Crippen LogP contribution in [0, 0.1) is 0 Å². The fourth-order valence-corrected chi connectivity index (χ4v) is 2.79. The van der Waals surface area contributed by atoms with Gasteiger partial charge in [-0.15, -0.1) is 0 Å². The zero-order valence-corrected chi connectivity index (χ0v) is 14.8. The lowest BCUT2D eigenvalue weighted by Gasteiger charge is -2.28. The highest BCUT2D eigenvalue weighted by molar-refractivity contribution is 5.82. The maximum absolute atomic E-state index is 5.40. The molecule has 1 heterocycles. The van der Waals surface area contributed by atoms with Gasteiger partial charge in [-0.1, -0.05) is 45.0 Å². The van der Waals surface area contributed by atoms with Crippen molar-refractivity contribution in [2.45, 2.75) is 26.2 Å². The van der Waals surface area contributed by atoms with E-state index in [1.807, 2.05) is 6.21 Å². The van der Waals surface area contributed by atoms with Crippen LogP contribution < -0.4 is 4.90 Å². The molecule has 0 aromatic heterocycles. The molecular formula is C21H26N2O. The van der Waals surface area contributed by atoms with E-state index in [1.165, 1.54) is 11.3 Å². The monoisotopic (exact) mass is 322 g/mol. The number of nitrogens with zero attached hydrogens (tertiary/aromatic N) is 2. The van der Waals surface area contributed by atoms with Crippen LogP contribution in [0.2, 0.25) is 0 Å². The van der Waals surface area contributed by atoms with Crippen LogP contribution in [0.1, 0.15) is 31.9 Å². The Morgan fingerprint density at radius 2 is 1.54 bits per heavy atom. The van der Waals surface area contributed by atoms with E-state index in [2.05, 4.69) is 79.2 Å². The zero-order valence-electron chi connectivity index (χ0n) is 14.8. The second kappa shape index (κ2) is 7.18. The van der Waals surface area contributed by atoms with E-state index < -0.39 is 0 Å². The molecule has 0 spiro atoms. The molecule has 1 saturated heterocycles. The summed E-state index contributed by atoms with van der Waals surface area (Å²) < 4.78 is 5.40. The predicted octanol–water partition coefficient (Wildman–Crippen LogP) is 4.57. The number of morpholine rings is 1. The van der Waals surface area contributed by atoms with Crippen LogP contribution in [0.25, 0.3) is 0 Å². The molecule has 126 valence electrons. The fraction of sp³-hybridized carbons (Fsp3) is 0.381.